The number of amides is 1. The van der Waals surface area contributed by atoms with E-state index in [1.807, 2.05) is 25.7 Å². The van der Waals surface area contributed by atoms with Crippen molar-refractivity contribution in [1.82, 2.24) is 10.2 Å². The van der Waals surface area contributed by atoms with Gasteiger partial charge in [0, 0.05) is 19.6 Å². The Labute approximate surface area is 139 Å². The predicted octanol–water partition coefficient (Wildman–Crippen LogP) is 1.72. The molecule has 0 aromatic rings. The maximum Gasteiger partial charge on any atom is 0.407 e. The first-order valence-corrected chi connectivity index (χ1v) is 8.44. The van der Waals surface area contributed by atoms with Crippen LogP contribution >= 0.6 is 0 Å². The number of carbonyl (C=O) groups excluding carboxylic acids is 1. The third-order valence-corrected chi connectivity index (χ3v) is 3.42. The molecule has 0 radical (unpaired) electrons. The Hall–Kier alpha value is -1.50. The van der Waals surface area contributed by atoms with Crippen LogP contribution in [0.25, 0.3) is 0 Å². The summed E-state index contributed by atoms with van der Waals surface area (Å²) in [6.45, 7) is 11.0. The zero-order valence-electron chi connectivity index (χ0n) is 14.9. The number of guanidine groups is 1. The SMILES string of the molecule is CCCCC(CNC(=O)OC(C)(C)C)N=C(N)N1CCOCC1. The zero-order chi connectivity index (χ0) is 17.3. The molecule has 1 rings (SSSR count). The van der Waals surface area contributed by atoms with E-state index in [2.05, 4.69) is 17.2 Å². The van der Waals surface area contributed by atoms with Gasteiger partial charge in [-0.15, -0.1) is 0 Å². The summed E-state index contributed by atoms with van der Waals surface area (Å²) in [5, 5.41) is 2.79. The van der Waals surface area contributed by atoms with Crippen molar-refractivity contribution in [2.24, 2.45) is 10.7 Å². The Balaban J connectivity index is 2.55. The molecular formula is C16H32N4O3. The first kappa shape index (κ1) is 19.5. The lowest BCUT2D eigenvalue weighted by atomic mass is 10.1. The number of nitrogens with zero attached hydrogens (tertiary/aromatic N) is 2. The van der Waals surface area contributed by atoms with Crippen LogP contribution in [-0.2, 0) is 9.47 Å². The van der Waals surface area contributed by atoms with Crippen LogP contribution in [-0.4, -0.2) is 61.4 Å². The van der Waals surface area contributed by atoms with Crippen molar-refractivity contribution in [2.75, 3.05) is 32.8 Å². The van der Waals surface area contributed by atoms with Crippen molar-refractivity contribution in [1.29, 1.82) is 0 Å². The summed E-state index contributed by atoms with van der Waals surface area (Å²) in [6, 6.07) is -0.0367. The molecule has 1 aliphatic rings. The maximum absolute atomic E-state index is 11.8. The van der Waals surface area contributed by atoms with Crippen LogP contribution in [0.1, 0.15) is 47.0 Å². The Morgan fingerprint density at radius 2 is 2.04 bits per heavy atom. The monoisotopic (exact) mass is 328 g/mol. The highest BCUT2D eigenvalue weighted by atomic mass is 16.6. The molecule has 7 nitrogen and oxygen atoms in total. The lowest BCUT2D eigenvalue weighted by molar-refractivity contribution is 0.0524. The number of ether oxygens (including phenoxy) is 2. The van der Waals surface area contributed by atoms with Gasteiger partial charge in [-0.25, -0.2) is 9.79 Å². The summed E-state index contributed by atoms with van der Waals surface area (Å²) < 4.78 is 10.6. The van der Waals surface area contributed by atoms with E-state index in [-0.39, 0.29) is 6.04 Å². The summed E-state index contributed by atoms with van der Waals surface area (Å²) in [5.41, 5.74) is 5.60. The Morgan fingerprint density at radius 3 is 2.61 bits per heavy atom. The molecule has 1 saturated heterocycles. The molecule has 1 fully saturated rings. The molecule has 1 atom stereocenters. The van der Waals surface area contributed by atoms with Crippen molar-refractivity contribution in [3.8, 4) is 0 Å². The van der Waals surface area contributed by atoms with Gasteiger partial charge >= 0.3 is 6.09 Å². The fourth-order valence-corrected chi connectivity index (χ4v) is 2.23. The molecule has 1 heterocycles. The quantitative estimate of drug-likeness (QED) is 0.572. The molecule has 0 aromatic carbocycles. The van der Waals surface area contributed by atoms with Crippen LogP contribution in [0, 0.1) is 0 Å². The minimum atomic E-state index is -0.501. The molecule has 23 heavy (non-hydrogen) atoms. The normalized spacial score (nSPS) is 17.7. The topological polar surface area (TPSA) is 89.2 Å². The molecule has 1 unspecified atom stereocenters. The van der Waals surface area contributed by atoms with Crippen LogP contribution < -0.4 is 11.1 Å². The van der Waals surface area contributed by atoms with Crippen molar-refractivity contribution in [2.45, 2.75) is 58.6 Å². The van der Waals surface area contributed by atoms with Gasteiger partial charge in [-0.05, 0) is 27.2 Å². The van der Waals surface area contributed by atoms with Crippen LogP contribution in [0.2, 0.25) is 0 Å². The van der Waals surface area contributed by atoms with E-state index in [0.717, 1.165) is 32.4 Å². The smallest absolute Gasteiger partial charge is 0.407 e. The number of alkyl carbamates (subject to hydrolysis) is 1. The Bertz CT molecular complexity index is 387. The number of rotatable bonds is 6. The van der Waals surface area contributed by atoms with Gasteiger partial charge in [-0.3, -0.25) is 0 Å². The van der Waals surface area contributed by atoms with E-state index in [0.29, 0.717) is 25.7 Å². The van der Waals surface area contributed by atoms with E-state index in [1.54, 1.807) is 0 Å². The molecule has 3 N–H and O–H groups in total. The second-order valence-corrected chi connectivity index (χ2v) is 6.77. The standard InChI is InChI=1S/C16H32N4O3/c1-5-6-7-13(12-18-15(21)23-16(2,3)4)19-14(17)20-8-10-22-11-9-20/h13H,5-12H2,1-4H3,(H2,17,19)(H,18,21). The lowest BCUT2D eigenvalue weighted by Gasteiger charge is -2.28. The number of hydrogen-bond acceptors (Lipinski definition) is 4. The van der Waals surface area contributed by atoms with Gasteiger partial charge in [0.25, 0.3) is 0 Å². The molecule has 7 heteroatoms. The molecule has 1 amide bonds. The van der Waals surface area contributed by atoms with Gasteiger partial charge in [0.15, 0.2) is 5.96 Å². The number of unbranched alkanes of at least 4 members (excludes halogenated alkanes) is 1. The number of nitrogens with one attached hydrogen (secondary N) is 1. The number of morpholine rings is 1. The summed E-state index contributed by atoms with van der Waals surface area (Å²) in [5.74, 6) is 0.528. The van der Waals surface area contributed by atoms with E-state index < -0.39 is 11.7 Å². The van der Waals surface area contributed by atoms with Crippen LogP contribution in [0.3, 0.4) is 0 Å². The van der Waals surface area contributed by atoms with Crippen molar-refractivity contribution >= 4 is 12.1 Å². The van der Waals surface area contributed by atoms with Gasteiger partial charge in [-0.2, -0.15) is 0 Å². The first-order chi connectivity index (χ1) is 10.8. The highest BCUT2D eigenvalue weighted by Gasteiger charge is 2.18. The van der Waals surface area contributed by atoms with Crippen LogP contribution in [0.5, 0.6) is 0 Å². The highest BCUT2D eigenvalue weighted by Crippen LogP contribution is 2.08. The largest absolute Gasteiger partial charge is 0.444 e. The number of aliphatic imine (C=N–C) groups is 1. The average Bonchev–Trinajstić information content (AvgIpc) is 2.49. The minimum Gasteiger partial charge on any atom is -0.444 e. The zero-order valence-corrected chi connectivity index (χ0v) is 14.9. The second kappa shape index (κ2) is 9.60. The number of nitrogens with two attached hydrogens (primary N) is 1. The third-order valence-electron chi connectivity index (χ3n) is 3.42. The number of carbonyl (C=O) groups is 1. The maximum atomic E-state index is 11.8. The number of hydrogen-bond donors (Lipinski definition) is 2. The minimum absolute atomic E-state index is 0.0367. The van der Waals surface area contributed by atoms with Crippen molar-refractivity contribution < 1.29 is 14.3 Å². The van der Waals surface area contributed by atoms with E-state index in [4.69, 9.17) is 15.2 Å². The first-order valence-electron chi connectivity index (χ1n) is 8.44. The molecule has 0 bridgehead atoms. The van der Waals surface area contributed by atoms with Gasteiger partial charge in [0.2, 0.25) is 0 Å². The molecule has 0 spiro atoms. The summed E-state index contributed by atoms with van der Waals surface area (Å²) >= 11 is 0. The summed E-state index contributed by atoms with van der Waals surface area (Å²) in [4.78, 5) is 18.4. The molecule has 134 valence electrons. The molecule has 1 aliphatic heterocycles. The Kier molecular flexibility index (Phi) is 8.16. The van der Waals surface area contributed by atoms with E-state index >= 15 is 0 Å². The molecule has 0 aromatic heterocycles. The Morgan fingerprint density at radius 1 is 1.39 bits per heavy atom. The summed E-state index contributed by atoms with van der Waals surface area (Å²) in [6.07, 6.45) is 2.59. The molecule has 0 saturated carbocycles. The predicted molar refractivity (Wildman–Crippen MR) is 91.6 cm³/mol. The van der Waals surface area contributed by atoms with Crippen molar-refractivity contribution in [3.05, 3.63) is 0 Å². The molecular weight excluding hydrogens is 296 g/mol. The van der Waals surface area contributed by atoms with Gasteiger partial charge < -0.3 is 25.4 Å². The highest BCUT2D eigenvalue weighted by molar-refractivity contribution is 5.78. The average molecular weight is 328 g/mol. The third kappa shape index (κ3) is 8.64. The second-order valence-electron chi connectivity index (χ2n) is 6.77. The summed E-state index contributed by atoms with van der Waals surface area (Å²) in [7, 11) is 0. The van der Waals surface area contributed by atoms with Gasteiger partial charge in [-0.1, -0.05) is 19.8 Å². The van der Waals surface area contributed by atoms with Crippen LogP contribution in [0.15, 0.2) is 4.99 Å². The van der Waals surface area contributed by atoms with Gasteiger partial charge in [0.1, 0.15) is 5.60 Å². The van der Waals surface area contributed by atoms with Crippen LogP contribution in [0.4, 0.5) is 4.79 Å². The van der Waals surface area contributed by atoms with Crippen molar-refractivity contribution in [3.63, 3.8) is 0 Å². The lowest BCUT2D eigenvalue weighted by Crippen LogP contribution is -2.46. The van der Waals surface area contributed by atoms with E-state index in [1.165, 1.54) is 0 Å². The fraction of sp³-hybridized carbons (Fsp3) is 0.875. The molecule has 0 aliphatic carbocycles. The fourth-order valence-electron chi connectivity index (χ4n) is 2.23. The van der Waals surface area contributed by atoms with Gasteiger partial charge in [0.05, 0.1) is 19.3 Å². The van der Waals surface area contributed by atoms with E-state index in [9.17, 15) is 4.79 Å².